The van der Waals surface area contributed by atoms with Crippen molar-refractivity contribution >= 4 is 34.7 Å². The molecule has 1 heterocycles. The first kappa shape index (κ1) is 26.7. The van der Waals surface area contributed by atoms with E-state index in [0.29, 0.717) is 27.6 Å². The summed E-state index contributed by atoms with van der Waals surface area (Å²) in [6.07, 6.45) is 0. The first-order valence-corrected chi connectivity index (χ1v) is 12.3. The van der Waals surface area contributed by atoms with Crippen molar-refractivity contribution in [2.75, 3.05) is 25.7 Å². The third-order valence-corrected chi connectivity index (χ3v) is 6.05. The first-order chi connectivity index (χ1) is 17.1. The molecule has 2 N–H and O–H groups in total. The minimum absolute atomic E-state index is 0.308. The van der Waals surface area contributed by atoms with Gasteiger partial charge < -0.3 is 20.1 Å². The van der Waals surface area contributed by atoms with Gasteiger partial charge in [0.1, 0.15) is 6.04 Å². The van der Waals surface area contributed by atoms with Crippen molar-refractivity contribution in [1.29, 1.82) is 0 Å². The summed E-state index contributed by atoms with van der Waals surface area (Å²) in [6.45, 7) is 5.31. The van der Waals surface area contributed by atoms with Crippen LogP contribution in [0.5, 0.6) is 11.5 Å². The second-order valence-electron chi connectivity index (χ2n) is 9.02. The van der Waals surface area contributed by atoms with E-state index in [9.17, 15) is 14.4 Å². The molecule has 2 aromatic carbocycles. The SMILES string of the molecule is COc1ccc(N(C(=O)CNC(=O)c2cccs2)[C@@H](C(=O)NC(C)(C)C)c2ccccc2)cc1OC. The maximum Gasteiger partial charge on any atom is 0.261 e. The van der Waals surface area contributed by atoms with E-state index in [0.717, 1.165) is 0 Å². The summed E-state index contributed by atoms with van der Waals surface area (Å²) in [4.78, 5) is 41.8. The number of ether oxygens (including phenoxy) is 2. The van der Waals surface area contributed by atoms with E-state index in [2.05, 4.69) is 10.6 Å². The standard InChI is InChI=1S/C27H31N3O5S/c1-27(2,3)29-26(33)24(18-10-7-6-8-11-18)30(19-13-14-20(34-4)21(16-19)35-5)23(31)17-28-25(32)22-12-9-15-36-22/h6-16,24H,17H2,1-5H3,(H,28,32)(H,29,33)/t24-/m1/s1. The van der Waals surface area contributed by atoms with E-state index >= 15 is 0 Å². The molecule has 0 aliphatic heterocycles. The number of carbonyl (C=O) groups excluding carboxylic acids is 3. The van der Waals surface area contributed by atoms with Crippen LogP contribution < -0.4 is 25.0 Å². The van der Waals surface area contributed by atoms with Crippen molar-refractivity contribution in [3.8, 4) is 11.5 Å². The Kier molecular flexibility index (Phi) is 8.71. The number of rotatable bonds is 9. The molecule has 0 fully saturated rings. The molecule has 0 aliphatic rings. The predicted octanol–water partition coefficient (Wildman–Crippen LogP) is 4.18. The van der Waals surface area contributed by atoms with Crippen LogP contribution in [-0.2, 0) is 9.59 Å². The highest BCUT2D eigenvalue weighted by molar-refractivity contribution is 7.12. The Morgan fingerprint density at radius 3 is 2.22 bits per heavy atom. The van der Waals surface area contributed by atoms with Gasteiger partial charge in [0, 0.05) is 17.3 Å². The lowest BCUT2D eigenvalue weighted by Crippen LogP contribution is -2.51. The van der Waals surface area contributed by atoms with Gasteiger partial charge in [0.25, 0.3) is 5.91 Å². The fourth-order valence-electron chi connectivity index (χ4n) is 3.64. The van der Waals surface area contributed by atoms with Crippen LogP contribution in [0.25, 0.3) is 0 Å². The van der Waals surface area contributed by atoms with Crippen molar-refractivity contribution in [2.45, 2.75) is 32.4 Å². The zero-order valence-electron chi connectivity index (χ0n) is 21.0. The minimum atomic E-state index is -1.00. The van der Waals surface area contributed by atoms with Crippen LogP contribution in [0.1, 0.15) is 42.0 Å². The number of benzene rings is 2. The van der Waals surface area contributed by atoms with E-state index in [1.54, 1.807) is 47.8 Å². The van der Waals surface area contributed by atoms with Crippen LogP contribution in [-0.4, -0.2) is 44.0 Å². The normalized spacial score (nSPS) is 11.8. The molecule has 3 rings (SSSR count). The van der Waals surface area contributed by atoms with Gasteiger partial charge in [0.2, 0.25) is 11.8 Å². The summed E-state index contributed by atoms with van der Waals surface area (Å²) >= 11 is 1.28. The van der Waals surface area contributed by atoms with E-state index in [1.165, 1.54) is 30.5 Å². The fourth-order valence-corrected chi connectivity index (χ4v) is 4.28. The second-order valence-corrected chi connectivity index (χ2v) is 9.96. The molecular formula is C27H31N3O5S. The van der Waals surface area contributed by atoms with Gasteiger partial charge in [-0.15, -0.1) is 11.3 Å². The highest BCUT2D eigenvalue weighted by Crippen LogP contribution is 2.35. The number of hydrogen-bond donors (Lipinski definition) is 2. The lowest BCUT2D eigenvalue weighted by Gasteiger charge is -2.34. The Morgan fingerprint density at radius 1 is 0.944 bits per heavy atom. The Labute approximate surface area is 215 Å². The number of thiophene rings is 1. The van der Waals surface area contributed by atoms with Crippen LogP contribution in [0, 0.1) is 0 Å². The van der Waals surface area contributed by atoms with Crippen molar-refractivity contribution in [3.63, 3.8) is 0 Å². The molecule has 1 aromatic heterocycles. The molecule has 0 spiro atoms. The van der Waals surface area contributed by atoms with Gasteiger partial charge in [-0.05, 0) is 49.9 Å². The Hall–Kier alpha value is -3.85. The Morgan fingerprint density at radius 2 is 1.64 bits per heavy atom. The van der Waals surface area contributed by atoms with E-state index in [1.807, 2.05) is 39.0 Å². The summed E-state index contributed by atoms with van der Waals surface area (Å²) in [5.74, 6) is -0.305. The third kappa shape index (κ3) is 6.63. The third-order valence-electron chi connectivity index (χ3n) is 5.18. The zero-order valence-corrected chi connectivity index (χ0v) is 21.8. The van der Waals surface area contributed by atoms with Crippen molar-refractivity contribution in [3.05, 3.63) is 76.5 Å². The second kappa shape index (κ2) is 11.7. The fraction of sp³-hybridized carbons (Fsp3) is 0.296. The summed E-state index contributed by atoms with van der Waals surface area (Å²) < 4.78 is 10.8. The largest absolute Gasteiger partial charge is 0.493 e. The lowest BCUT2D eigenvalue weighted by atomic mass is 10.0. The molecule has 190 valence electrons. The van der Waals surface area contributed by atoms with Gasteiger partial charge in [-0.1, -0.05) is 36.4 Å². The average Bonchev–Trinajstić information content (AvgIpc) is 3.39. The summed E-state index contributed by atoms with van der Waals surface area (Å²) in [7, 11) is 3.01. The monoisotopic (exact) mass is 509 g/mol. The molecule has 9 heteroatoms. The average molecular weight is 510 g/mol. The van der Waals surface area contributed by atoms with Gasteiger partial charge in [-0.25, -0.2) is 0 Å². The summed E-state index contributed by atoms with van der Waals surface area (Å²) in [5.41, 5.74) is 0.497. The molecule has 0 saturated heterocycles. The molecule has 36 heavy (non-hydrogen) atoms. The number of nitrogens with zero attached hydrogens (tertiary/aromatic N) is 1. The number of amides is 3. The highest BCUT2D eigenvalue weighted by Gasteiger charge is 2.35. The smallest absolute Gasteiger partial charge is 0.261 e. The molecule has 0 radical (unpaired) electrons. The van der Waals surface area contributed by atoms with Gasteiger partial charge in [0.05, 0.1) is 25.6 Å². The molecule has 8 nitrogen and oxygen atoms in total. The molecule has 1 atom stereocenters. The van der Waals surface area contributed by atoms with Crippen LogP contribution in [0.4, 0.5) is 5.69 Å². The zero-order chi connectivity index (χ0) is 26.3. The van der Waals surface area contributed by atoms with E-state index in [4.69, 9.17) is 9.47 Å². The molecule has 0 bridgehead atoms. The maximum atomic E-state index is 13.7. The van der Waals surface area contributed by atoms with Crippen LogP contribution >= 0.6 is 11.3 Å². The van der Waals surface area contributed by atoms with Gasteiger partial charge >= 0.3 is 0 Å². The lowest BCUT2D eigenvalue weighted by molar-refractivity contribution is -0.127. The van der Waals surface area contributed by atoms with E-state index < -0.39 is 17.5 Å². The van der Waals surface area contributed by atoms with E-state index in [-0.39, 0.29) is 18.4 Å². The molecule has 0 saturated carbocycles. The van der Waals surface area contributed by atoms with Gasteiger partial charge in [-0.2, -0.15) is 0 Å². The highest BCUT2D eigenvalue weighted by atomic mass is 32.1. The van der Waals surface area contributed by atoms with Gasteiger partial charge in [0.15, 0.2) is 11.5 Å². The predicted molar refractivity (Wildman–Crippen MR) is 141 cm³/mol. The quantitative estimate of drug-likeness (QED) is 0.451. The number of anilines is 1. The molecule has 3 aromatic rings. The van der Waals surface area contributed by atoms with Crippen molar-refractivity contribution in [2.24, 2.45) is 0 Å². The first-order valence-electron chi connectivity index (χ1n) is 11.4. The van der Waals surface area contributed by atoms with Crippen LogP contribution in [0.3, 0.4) is 0 Å². The number of carbonyl (C=O) groups is 3. The van der Waals surface area contributed by atoms with Gasteiger partial charge in [-0.3, -0.25) is 19.3 Å². The van der Waals surface area contributed by atoms with Crippen molar-refractivity contribution < 1.29 is 23.9 Å². The maximum absolute atomic E-state index is 13.7. The van der Waals surface area contributed by atoms with Crippen LogP contribution in [0.2, 0.25) is 0 Å². The minimum Gasteiger partial charge on any atom is -0.493 e. The molecule has 0 aliphatic carbocycles. The number of methoxy groups -OCH3 is 2. The van der Waals surface area contributed by atoms with Crippen molar-refractivity contribution in [1.82, 2.24) is 10.6 Å². The summed E-state index contributed by atoms with van der Waals surface area (Å²) in [6, 6.07) is 16.5. The number of nitrogens with one attached hydrogen (secondary N) is 2. The summed E-state index contributed by atoms with van der Waals surface area (Å²) in [5, 5.41) is 7.45. The molecule has 3 amide bonds. The molecule has 0 unspecified atom stereocenters. The number of hydrogen-bond acceptors (Lipinski definition) is 6. The topological polar surface area (TPSA) is 97.0 Å². The van der Waals surface area contributed by atoms with Crippen LogP contribution in [0.15, 0.2) is 66.0 Å². The Bertz CT molecular complexity index is 1190. The molecular weight excluding hydrogens is 478 g/mol. The Balaban J connectivity index is 2.07.